The van der Waals surface area contributed by atoms with Crippen LogP contribution in [-0.4, -0.2) is 28.2 Å². The zero-order chi connectivity index (χ0) is 14.4. The molecule has 19 heavy (non-hydrogen) atoms. The monoisotopic (exact) mass is 333 g/mol. The third-order valence-corrected chi connectivity index (χ3v) is 3.57. The molecule has 0 radical (unpaired) electrons. The highest BCUT2D eigenvalue weighted by Gasteiger charge is 2.20. The summed E-state index contributed by atoms with van der Waals surface area (Å²) in [4.78, 5) is 26.5. The van der Waals surface area contributed by atoms with Gasteiger partial charge in [0.25, 0.3) is 11.8 Å². The first-order chi connectivity index (χ1) is 8.95. The van der Waals surface area contributed by atoms with Gasteiger partial charge in [-0.25, -0.2) is 4.98 Å². The molecule has 1 atom stereocenters. The number of nitrogens with one attached hydrogen (secondary N) is 2. The Morgan fingerprint density at radius 3 is 2.74 bits per heavy atom. The number of alkyl halides is 1. The quantitative estimate of drug-likeness (QED) is 0.624. The average Bonchev–Trinajstić information content (AvgIpc) is 2.83. The minimum Gasteiger partial charge on any atom is -0.464 e. The van der Waals surface area contributed by atoms with E-state index in [9.17, 15) is 9.59 Å². The molecule has 0 unspecified atom stereocenters. The van der Waals surface area contributed by atoms with Gasteiger partial charge in [0, 0.05) is 0 Å². The van der Waals surface area contributed by atoms with E-state index in [2.05, 4.69) is 31.8 Å². The van der Waals surface area contributed by atoms with Gasteiger partial charge >= 0.3 is 11.9 Å². The molecule has 0 saturated carbocycles. The van der Waals surface area contributed by atoms with Crippen LogP contribution in [0, 0.1) is 5.92 Å². The maximum Gasteiger partial charge on any atom is 0.325 e. The summed E-state index contributed by atoms with van der Waals surface area (Å²) in [6, 6.07) is 0. The SMILES string of the molecule is CCOc1cnc(C(=O)NNC(=O)[C@H](Br)C(C)C)o1. The lowest BCUT2D eigenvalue weighted by molar-refractivity contribution is -0.121. The van der Waals surface area contributed by atoms with Crippen molar-refractivity contribution in [3.8, 4) is 5.95 Å². The Morgan fingerprint density at radius 2 is 2.16 bits per heavy atom. The number of carbonyl (C=O) groups is 2. The fourth-order valence-electron chi connectivity index (χ4n) is 1.12. The summed E-state index contributed by atoms with van der Waals surface area (Å²) >= 11 is 3.22. The number of nitrogens with zero attached hydrogens (tertiary/aromatic N) is 1. The van der Waals surface area contributed by atoms with Gasteiger partial charge in [-0.15, -0.1) is 0 Å². The topological polar surface area (TPSA) is 93.5 Å². The molecule has 1 heterocycles. The van der Waals surface area contributed by atoms with E-state index in [1.165, 1.54) is 6.20 Å². The zero-order valence-electron chi connectivity index (χ0n) is 10.9. The Hall–Kier alpha value is -1.57. The van der Waals surface area contributed by atoms with Gasteiger partial charge in [-0.2, -0.15) is 0 Å². The molecule has 2 amide bonds. The van der Waals surface area contributed by atoms with Crippen molar-refractivity contribution in [3.63, 3.8) is 0 Å². The number of halogens is 1. The van der Waals surface area contributed by atoms with Crippen molar-refractivity contribution >= 4 is 27.7 Å². The maximum absolute atomic E-state index is 11.6. The number of oxazole rings is 1. The molecule has 0 aliphatic rings. The molecule has 0 aliphatic carbocycles. The highest BCUT2D eigenvalue weighted by Crippen LogP contribution is 2.12. The van der Waals surface area contributed by atoms with Crippen LogP contribution in [0.3, 0.4) is 0 Å². The minimum absolute atomic E-state index is 0.100. The Balaban J connectivity index is 2.48. The number of rotatable bonds is 5. The molecule has 2 N–H and O–H groups in total. The first-order valence-electron chi connectivity index (χ1n) is 5.78. The van der Waals surface area contributed by atoms with Gasteiger partial charge in [-0.3, -0.25) is 20.4 Å². The lowest BCUT2D eigenvalue weighted by atomic mass is 10.1. The van der Waals surface area contributed by atoms with Crippen molar-refractivity contribution in [3.05, 3.63) is 12.1 Å². The number of hydrazine groups is 1. The zero-order valence-corrected chi connectivity index (χ0v) is 12.5. The molecule has 0 fully saturated rings. The van der Waals surface area contributed by atoms with E-state index in [1.54, 1.807) is 6.92 Å². The number of hydrogen-bond acceptors (Lipinski definition) is 5. The second kappa shape index (κ2) is 7.13. The van der Waals surface area contributed by atoms with E-state index in [4.69, 9.17) is 9.15 Å². The molecule has 7 nitrogen and oxygen atoms in total. The van der Waals surface area contributed by atoms with E-state index < -0.39 is 10.7 Å². The number of hydrogen-bond donors (Lipinski definition) is 2. The van der Waals surface area contributed by atoms with Crippen molar-refractivity contribution in [2.24, 2.45) is 5.92 Å². The number of ether oxygens (including phenoxy) is 1. The molecule has 1 aromatic rings. The van der Waals surface area contributed by atoms with Gasteiger partial charge in [-0.1, -0.05) is 29.8 Å². The van der Waals surface area contributed by atoms with Gasteiger partial charge in [0.2, 0.25) is 0 Å². The minimum atomic E-state index is -0.650. The largest absolute Gasteiger partial charge is 0.464 e. The summed E-state index contributed by atoms with van der Waals surface area (Å²) in [7, 11) is 0. The molecule has 106 valence electrons. The van der Waals surface area contributed by atoms with E-state index in [1.807, 2.05) is 13.8 Å². The van der Waals surface area contributed by atoms with Gasteiger partial charge in [-0.05, 0) is 12.8 Å². The highest BCUT2D eigenvalue weighted by molar-refractivity contribution is 9.10. The number of amides is 2. The fourth-order valence-corrected chi connectivity index (χ4v) is 1.23. The van der Waals surface area contributed by atoms with Gasteiger partial charge < -0.3 is 9.15 Å². The smallest absolute Gasteiger partial charge is 0.325 e. The standard InChI is InChI=1S/C11H16BrN3O4/c1-4-18-7-5-13-11(19-7)10(17)15-14-9(16)8(12)6(2)3/h5-6,8H,4H2,1-3H3,(H,14,16)(H,15,17)/t8-/m1/s1. The molecule has 8 heteroatoms. The van der Waals surface area contributed by atoms with Crippen LogP contribution in [0.25, 0.3) is 0 Å². The van der Waals surface area contributed by atoms with Gasteiger partial charge in [0.15, 0.2) is 0 Å². The van der Waals surface area contributed by atoms with Crippen LogP contribution in [0.5, 0.6) is 5.95 Å². The summed E-state index contributed by atoms with van der Waals surface area (Å²) in [6.45, 7) is 5.95. The molecule has 1 rings (SSSR count). The first-order valence-corrected chi connectivity index (χ1v) is 6.70. The summed E-state index contributed by atoms with van der Waals surface area (Å²) in [5.74, 6) is -0.926. The van der Waals surface area contributed by atoms with Crippen LogP contribution in [0.4, 0.5) is 0 Å². The molecule has 0 aromatic carbocycles. The lowest BCUT2D eigenvalue weighted by Crippen LogP contribution is -2.46. The van der Waals surface area contributed by atoms with Crippen molar-refractivity contribution in [1.29, 1.82) is 0 Å². The first kappa shape index (κ1) is 15.5. The fraction of sp³-hybridized carbons (Fsp3) is 0.545. The molecule has 1 aromatic heterocycles. The predicted molar refractivity (Wildman–Crippen MR) is 70.8 cm³/mol. The summed E-state index contributed by atoms with van der Waals surface area (Å²) in [6.07, 6.45) is 1.29. The maximum atomic E-state index is 11.6. The molecule has 0 aliphatic heterocycles. The molecular formula is C11H16BrN3O4. The van der Waals surface area contributed by atoms with Crippen LogP contribution in [-0.2, 0) is 4.79 Å². The summed E-state index contributed by atoms with van der Waals surface area (Å²) < 4.78 is 10.0. The van der Waals surface area contributed by atoms with E-state index in [-0.39, 0.29) is 23.7 Å². The van der Waals surface area contributed by atoms with Crippen molar-refractivity contribution in [2.75, 3.05) is 6.61 Å². The van der Waals surface area contributed by atoms with Crippen LogP contribution < -0.4 is 15.6 Å². The van der Waals surface area contributed by atoms with Crippen molar-refractivity contribution in [2.45, 2.75) is 25.6 Å². The van der Waals surface area contributed by atoms with Crippen LogP contribution in [0.2, 0.25) is 0 Å². The highest BCUT2D eigenvalue weighted by atomic mass is 79.9. The number of carbonyl (C=O) groups excluding carboxylic acids is 2. The Morgan fingerprint density at radius 1 is 1.47 bits per heavy atom. The second-order valence-corrected chi connectivity index (χ2v) is 4.99. The van der Waals surface area contributed by atoms with Crippen molar-refractivity contribution < 1.29 is 18.7 Å². The second-order valence-electron chi connectivity index (χ2n) is 4.01. The molecule has 0 saturated heterocycles. The predicted octanol–water partition coefficient (Wildman–Crippen LogP) is 1.25. The van der Waals surface area contributed by atoms with Crippen LogP contribution in [0.15, 0.2) is 10.6 Å². The average molecular weight is 334 g/mol. The van der Waals surface area contributed by atoms with Crippen molar-refractivity contribution in [1.82, 2.24) is 15.8 Å². The Labute approximate surface area is 119 Å². The summed E-state index contributed by atoms with van der Waals surface area (Å²) in [5.41, 5.74) is 4.49. The van der Waals surface area contributed by atoms with E-state index in [0.717, 1.165) is 0 Å². The van der Waals surface area contributed by atoms with Crippen LogP contribution >= 0.6 is 15.9 Å². The van der Waals surface area contributed by atoms with E-state index >= 15 is 0 Å². The molecular weight excluding hydrogens is 318 g/mol. The van der Waals surface area contributed by atoms with Gasteiger partial charge in [0.05, 0.1) is 11.4 Å². The summed E-state index contributed by atoms with van der Waals surface area (Å²) in [5, 5.41) is 0. The lowest BCUT2D eigenvalue weighted by Gasteiger charge is -2.13. The third-order valence-electron chi connectivity index (χ3n) is 2.10. The number of aromatic nitrogens is 1. The molecule has 0 bridgehead atoms. The normalized spacial score (nSPS) is 12.1. The van der Waals surface area contributed by atoms with E-state index in [0.29, 0.717) is 6.61 Å². The third kappa shape index (κ3) is 4.55. The van der Waals surface area contributed by atoms with Gasteiger partial charge in [0.1, 0.15) is 6.20 Å². The van der Waals surface area contributed by atoms with Crippen LogP contribution in [0.1, 0.15) is 31.5 Å². The Kier molecular flexibility index (Phi) is 5.81. The molecule has 0 spiro atoms. The Bertz CT molecular complexity index is 447.